The van der Waals surface area contributed by atoms with Gasteiger partial charge in [-0.2, -0.15) is 0 Å². The summed E-state index contributed by atoms with van der Waals surface area (Å²) in [6.07, 6.45) is 5.84. The summed E-state index contributed by atoms with van der Waals surface area (Å²) < 4.78 is 0. The number of fused-ring (bicyclic) bond motifs is 2. The van der Waals surface area contributed by atoms with E-state index in [1.165, 1.54) is 10.5 Å². The van der Waals surface area contributed by atoms with Gasteiger partial charge >= 0.3 is 0 Å². The van der Waals surface area contributed by atoms with Crippen LogP contribution in [-0.2, 0) is 0 Å². The number of hydrogen-bond donors (Lipinski definition) is 1. The van der Waals surface area contributed by atoms with Crippen LogP contribution < -0.4 is 15.1 Å². The summed E-state index contributed by atoms with van der Waals surface area (Å²) in [6.45, 7) is 6.02. The normalized spacial score (nSPS) is 15.7. The molecule has 5 rings (SSSR count). The minimum atomic E-state index is -0.0475. The van der Waals surface area contributed by atoms with Crippen molar-refractivity contribution in [1.82, 2.24) is 20.2 Å². The number of benzene rings is 2. The fraction of sp³-hybridized carbons (Fsp3) is 0.379. The summed E-state index contributed by atoms with van der Waals surface area (Å²) in [6, 6.07) is 13.8. The number of anilines is 3. The Balaban J connectivity index is 0.000000177. The third kappa shape index (κ3) is 6.00. The van der Waals surface area contributed by atoms with Crippen LogP contribution in [0.15, 0.2) is 53.6 Å². The molecule has 1 aromatic heterocycles. The first-order valence-corrected chi connectivity index (χ1v) is 14.0. The van der Waals surface area contributed by atoms with Gasteiger partial charge in [0.1, 0.15) is 11.5 Å². The van der Waals surface area contributed by atoms with Crippen molar-refractivity contribution in [1.29, 1.82) is 0 Å². The summed E-state index contributed by atoms with van der Waals surface area (Å²) in [5.41, 5.74) is 4.19. The van der Waals surface area contributed by atoms with Crippen molar-refractivity contribution in [2.45, 2.75) is 37.6 Å². The first-order chi connectivity index (χ1) is 18.2. The van der Waals surface area contributed by atoms with Gasteiger partial charge in [0, 0.05) is 30.6 Å². The van der Waals surface area contributed by atoms with Gasteiger partial charge in [0.15, 0.2) is 5.82 Å². The average molecular weight is 533 g/mol. The molecule has 200 valence electrons. The Morgan fingerprint density at radius 3 is 2.39 bits per heavy atom. The van der Waals surface area contributed by atoms with E-state index >= 15 is 0 Å². The molecule has 0 spiro atoms. The molecule has 2 aromatic carbocycles. The number of hydrogen-bond acceptors (Lipinski definition) is 7. The smallest absolute Gasteiger partial charge is 0.260 e. The van der Waals surface area contributed by atoms with Crippen molar-refractivity contribution < 1.29 is 9.59 Å². The summed E-state index contributed by atoms with van der Waals surface area (Å²) >= 11 is 1.71. The van der Waals surface area contributed by atoms with Crippen LogP contribution in [0.3, 0.4) is 0 Å². The molecule has 1 N–H and O–H groups in total. The van der Waals surface area contributed by atoms with Crippen LogP contribution in [-0.4, -0.2) is 73.2 Å². The van der Waals surface area contributed by atoms with E-state index in [2.05, 4.69) is 40.4 Å². The van der Waals surface area contributed by atoms with Gasteiger partial charge < -0.3 is 20.0 Å². The zero-order valence-electron chi connectivity index (χ0n) is 23.0. The Bertz CT molecular complexity index is 1320. The first kappa shape index (κ1) is 27.6. The van der Waals surface area contributed by atoms with Crippen LogP contribution in [0.2, 0.25) is 0 Å². The van der Waals surface area contributed by atoms with Gasteiger partial charge in [0.2, 0.25) is 0 Å². The van der Waals surface area contributed by atoms with Crippen LogP contribution in [0, 0.1) is 13.8 Å². The van der Waals surface area contributed by atoms with Crippen LogP contribution in [0.1, 0.15) is 44.9 Å². The second kappa shape index (κ2) is 12.0. The molecule has 1 saturated heterocycles. The van der Waals surface area contributed by atoms with Crippen LogP contribution >= 0.6 is 11.8 Å². The minimum absolute atomic E-state index is 0.0475. The highest BCUT2D eigenvalue weighted by molar-refractivity contribution is 7.98. The lowest BCUT2D eigenvalue weighted by atomic mass is 10.0. The monoisotopic (exact) mass is 532 g/mol. The number of nitrogens with zero attached hydrogens (tertiary/aromatic N) is 5. The van der Waals surface area contributed by atoms with Crippen molar-refractivity contribution in [3.05, 3.63) is 71.2 Å². The van der Waals surface area contributed by atoms with Gasteiger partial charge in [-0.15, -0.1) is 11.8 Å². The van der Waals surface area contributed by atoms with E-state index in [4.69, 9.17) is 0 Å². The summed E-state index contributed by atoms with van der Waals surface area (Å²) in [5, 5.41) is 3.15. The predicted molar refractivity (Wildman–Crippen MR) is 155 cm³/mol. The molecule has 3 heterocycles. The standard InChI is InChI=1S/C15H22N2OS.C14H14N4O/c1-11-10-12(4-5-14(11)19-3)15(18)16-13-6-8-17(2)9-7-13;1-9-15-8-12-13(16-9)17(2)11-7-5-4-6-10(11)14(19)18(12)3/h4-5,10,13H,6-9H2,1-3H3,(H,16,18);4-8H,1-3H3. The van der Waals surface area contributed by atoms with Gasteiger partial charge in [-0.3, -0.25) is 9.59 Å². The maximum Gasteiger partial charge on any atom is 0.260 e. The minimum Gasteiger partial charge on any atom is -0.349 e. The molecule has 1 fully saturated rings. The number of carbonyl (C=O) groups is 2. The second-order valence-electron chi connectivity index (χ2n) is 9.80. The molecule has 2 amide bonds. The molecule has 38 heavy (non-hydrogen) atoms. The van der Waals surface area contributed by atoms with Gasteiger partial charge in [-0.25, -0.2) is 9.97 Å². The van der Waals surface area contributed by atoms with Crippen molar-refractivity contribution in [2.75, 3.05) is 50.3 Å². The highest BCUT2D eigenvalue weighted by Crippen LogP contribution is 2.37. The van der Waals surface area contributed by atoms with Crippen molar-refractivity contribution >= 4 is 40.8 Å². The number of nitrogens with one attached hydrogen (secondary N) is 1. The SMILES string of the molecule is CSc1ccc(C(=O)NC2CCN(C)CC2)cc1C.Cc1ncc2c(n1)N(C)c1ccccc1C(=O)N2C. The van der Waals surface area contributed by atoms with E-state index in [9.17, 15) is 9.59 Å². The third-order valence-electron chi connectivity index (χ3n) is 7.06. The average Bonchev–Trinajstić information content (AvgIpc) is 3.00. The fourth-order valence-corrected chi connectivity index (χ4v) is 5.31. The number of piperidine rings is 1. The molecule has 8 nitrogen and oxygen atoms in total. The van der Waals surface area contributed by atoms with Crippen LogP contribution in [0.5, 0.6) is 0 Å². The lowest BCUT2D eigenvalue weighted by molar-refractivity contribution is 0.0916. The van der Waals surface area contributed by atoms with Gasteiger partial charge in [0.05, 0.1) is 17.4 Å². The van der Waals surface area contributed by atoms with E-state index in [1.807, 2.05) is 61.3 Å². The van der Waals surface area contributed by atoms with Crippen molar-refractivity contribution in [3.63, 3.8) is 0 Å². The highest BCUT2D eigenvalue weighted by atomic mass is 32.2. The number of likely N-dealkylation sites (tertiary alicyclic amines) is 1. The maximum absolute atomic E-state index is 12.5. The molecule has 0 saturated carbocycles. The summed E-state index contributed by atoms with van der Waals surface area (Å²) in [5.74, 6) is 1.44. The van der Waals surface area contributed by atoms with Crippen molar-refractivity contribution in [2.24, 2.45) is 0 Å². The Labute approximate surface area is 229 Å². The largest absolute Gasteiger partial charge is 0.349 e. The summed E-state index contributed by atoms with van der Waals surface area (Å²) in [7, 11) is 5.79. The number of amides is 2. The summed E-state index contributed by atoms with van der Waals surface area (Å²) in [4.78, 5) is 40.4. The molecule has 0 unspecified atom stereocenters. The Morgan fingerprint density at radius 1 is 1.00 bits per heavy atom. The van der Waals surface area contributed by atoms with E-state index in [-0.39, 0.29) is 11.8 Å². The predicted octanol–water partition coefficient (Wildman–Crippen LogP) is 4.68. The van der Waals surface area contributed by atoms with E-state index < -0.39 is 0 Å². The Kier molecular flexibility index (Phi) is 8.69. The van der Waals surface area contributed by atoms with E-state index in [0.717, 1.165) is 43.0 Å². The second-order valence-corrected chi connectivity index (χ2v) is 10.6. The number of aryl methyl sites for hydroxylation is 2. The van der Waals surface area contributed by atoms with Crippen LogP contribution in [0.25, 0.3) is 0 Å². The number of rotatable bonds is 3. The molecule has 9 heteroatoms. The van der Waals surface area contributed by atoms with Gasteiger partial charge in [0.25, 0.3) is 11.8 Å². The topological polar surface area (TPSA) is 81.7 Å². The maximum atomic E-state index is 12.5. The quantitative estimate of drug-likeness (QED) is 0.491. The lowest BCUT2D eigenvalue weighted by Crippen LogP contribution is -2.43. The molecule has 0 atom stereocenters. The third-order valence-corrected chi connectivity index (χ3v) is 7.96. The molecular weight excluding hydrogens is 496 g/mol. The van der Waals surface area contributed by atoms with Gasteiger partial charge in [-0.05, 0) is 89.0 Å². The zero-order valence-corrected chi connectivity index (χ0v) is 23.8. The number of aromatic nitrogens is 2. The molecule has 2 aliphatic rings. The highest BCUT2D eigenvalue weighted by Gasteiger charge is 2.28. The Morgan fingerprint density at radius 2 is 1.71 bits per heavy atom. The number of thioether (sulfide) groups is 1. The molecule has 0 bridgehead atoms. The molecular formula is C29H36N6O2S. The molecule has 0 radical (unpaired) electrons. The fourth-order valence-electron chi connectivity index (χ4n) is 4.73. The van der Waals surface area contributed by atoms with Crippen LogP contribution in [0.4, 0.5) is 17.2 Å². The number of carbonyl (C=O) groups excluding carboxylic acids is 2. The zero-order chi connectivity index (χ0) is 27.4. The first-order valence-electron chi connectivity index (χ1n) is 12.8. The Hall–Kier alpha value is -3.43. The lowest BCUT2D eigenvalue weighted by Gasteiger charge is -2.29. The van der Waals surface area contributed by atoms with Gasteiger partial charge in [-0.1, -0.05) is 12.1 Å². The van der Waals surface area contributed by atoms with E-state index in [1.54, 1.807) is 29.9 Å². The van der Waals surface area contributed by atoms with Crippen molar-refractivity contribution in [3.8, 4) is 0 Å². The van der Waals surface area contributed by atoms with E-state index in [0.29, 0.717) is 23.1 Å². The molecule has 2 aliphatic heterocycles. The molecule has 3 aromatic rings. The molecule has 0 aliphatic carbocycles. The number of para-hydroxylation sites is 1.